The summed E-state index contributed by atoms with van der Waals surface area (Å²) in [6.07, 6.45) is 1.53. The smallest absolute Gasteiger partial charge is 0.338 e. The molecule has 1 saturated heterocycles. The molecule has 0 saturated carbocycles. The van der Waals surface area contributed by atoms with E-state index in [1.165, 1.54) is 30.3 Å². The molecule has 0 spiro atoms. The minimum atomic E-state index is -1.01. The normalized spacial score (nSPS) is 16.6. The van der Waals surface area contributed by atoms with Crippen LogP contribution in [0.1, 0.15) is 40.1 Å². The number of Topliss-reactive ketones (excluding diaryl/α,β-unsaturated/α-hetero) is 1. The molecule has 0 radical (unpaired) electrons. The van der Waals surface area contributed by atoms with Crippen LogP contribution in [0.25, 0.3) is 5.76 Å². The van der Waals surface area contributed by atoms with Gasteiger partial charge in [0.1, 0.15) is 17.6 Å². The van der Waals surface area contributed by atoms with E-state index in [-0.39, 0.29) is 40.1 Å². The number of pyridine rings is 1. The number of ketones is 1. The van der Waals surface area contributed by atoms with Crippen LogP contribution in [0.3, 0.4) is 0 Å². The molecule has 37 heavy (non-hydrogen) atoms. The Balaban J connectivity index is 1.81. The predicted molar refractivity (Wildman–Crippen MR) is 137 cm³/mol. The number of likely N-dealkylation sites (tertiary alicyclic amines) is 1. The second-order valence-electron chi connectivity index (χ2n) is 8.07. The third kappa shape index (κ3) is 5.16. The number of hydrogen-bond donors (Lipinski definition) is 1. The highest BCUT2D eigenvalue weighted by molar-refractivity contribution is 6.46. The number of ether oxygens (including phenoxy) is 2. The van der Waals surface area contributed by atoms with Crippen molar-refractivity contribution in [2.45, 2.75) is 19.5 Å². The van der Waals surface area contributed by atoms with Crippen LogP contribution in [-0.2, 0) is 20.9 Å². The molecule has 10 heteroatoms. The first-order valence-corrected chi connectivity index (χ1v) is 12.0. The average Bonchev–Trinajstić information content (AvgIpc) is 3.14. The lowest BCUT2D eigenvalue weighted by Crippen LogP contribution is -2.29. The van der Waals surface area contributed by atoms with Gasteiger partial charge in [-0.25, -0.2) is 4.79 Å². The number of nitrogens with zero attached hydrogens (tertiary/aromatic N) is 2. The first-order chi connectivity index (χ1) is 17.8. The maximum absolute atomic E-state index is 13.3. The van der Waals surface area contributed by atoms with E-state index in [9.17, 15) is 19.5 Å². The maximum Gasteiger partial charge on any atom is 0.338 e. The first-order valence-electron chi connectivity index (χ1n) is 11.3. The number of aliphatic hydroxyl groups is 1. The van der Waals surface area contributed by atoms with Gasteiger partial charge in [-0.1, -0.05) is 41.4 Å². The van der Waals surface area contributed by atoms with Crippen molar-refractivity contribution in [1.82, 2.24) is 9.88 Å². The number of amides is 1. The molecule has 3 aromatic rings. The Morgan fingerprint density at radius 1 is 1.11 bits per heavy atom. The van der Waals surface area contributed by atoms with Gasteiger partial charge in [0.15, 0.2) is 0 Å². The molecule has 1 unspecified atom stereocenters. The van der Waals surface area contributed by atoms with Crippen molar-refractivity contribution in [1.29, 1.82) is 0 Å². The number of carbonyl (C=O) groups is 3. The Labute approximate surface area is 223 Å². The Hall–Kier alpha value is -3.88. The van der Waals surface area contributed by atoms with Crippen molar-refractivity contribution in [2.24, 2.45) is 0 Å². The summed E-state index contributed by atoms with van der Waals surface area (Å²) in [6.45, 7) is 1.98. The number of aliphatic hydroxyl groups excluding tert-OH is 1. The molecule has 1 aliphatic heterocycles. The van der Waals surface area contributed by atoms with Crippen LogP contribution >= 0.6 is 23.2 Å². The van der Waals surface area contributed by atoms with Crippen LogP contribution in [0.2, 0.25) is 10.0 Å². The average molecular weight is 541 g/mol. The highest BCUT2D eigenvalue weighted by Crippen LogP contribution is 2.43. The highest BCUT2D eigenvalue weighted by Gasteiger charge is 2.47. The molecule has 1 fully saturated rings. The van der Waals surface area contributed by atoms with Crippen molar-refractivity contribution in [3.63, 3.8) is 0 Å². The molecule has 0 bridgehead atoms. The number of benzene rings is 2. The van der Waals surface area contributed by atoms with Crippen LogP contribution in [0, 0.1) is 0 Å². The van der Waals surface area contributed by atoms with Crippen molar-refractivity contribution >= 4 is 46.6 Å². The zero-order valence-electron chi connectivity index (χ0n) is 19.9. The molecule has 1 atom stereocenters. The number of halogens is 2. The number of carbonyl (C=O) groups excluding carboxylic acids is 3. The van der Waals surface area contributed by atoms with Crippen molar-refractivity contribution in [3.8, 4) is 5.75 Å². The lowest BCUT2D eigenvalue weighted by Gasteiger charge is -2.25. The fraction of sp³-hybridized carbons (Fsp3) is 0.185. The van der Waals surface area contributed by atoms with Gasteiger partial charge >= 0.3 is 5.97 Å². The maximum atomic E-state index is 13.3. The Morgan fingerprint density at radius 2 is 1.84 bits per heavy atom. The van der Waals surface area contributed by atoms with E-state index in [1.807, 2.05) is 0 Å². The van der Waals surface area contributed by atoms with Gasteiger partial charge in [-0.05, 0) is 48.9 Å². The van der Waals surface area contributed by atoms with Gasteiger partial charge in [0.2, 0.25) is 0 Å². The van der Waals surface area contributed by atoms with E-state index < -0.39 is 29.5 Å². The van der Waals surface area contributed by atoms with Gasteiger partial charge in [0, 0.05) is 17.8 Å². The van der Waals surface area contributed by atoms with Gasteiger partial charge in [-0.15, -0.1) is 0 Å². The third-order valence-electron chi connectivity index (χ3n) is 5.79. The second-order valence-corrected chi connectivity index (χ2v) is 8.91. The van der Waals surface area contributed by atoms with Gasteiger partial charge in [0.05, 0.1) is 41.1 Å². The summed E-state index contributed by atoms with van der Waals surface area (Å²) < 4.78 is 10.3. The van der Waals surface area contributed by atoms with Crippen molar-refractivity contribution in [3.05, 3.63) is 98.8 Å². The fourth-order valence-electron chi connectivity index (χ4n) is 4.13. The summed E-state index contributed by atoms with van der Waals surface area (Å²) in [4.78, 5) is 44.2. The van der Waals surface area contributed by atoms with E-state index in [2.05, 4.69) is 4.98 Å². The molecule has 190 valence electrons. The van der Waals surface area contributed by atoms with Gasteiger partial charge < -0.3 is 19.5 Å². The van der Waals surface area contributed by atoms with Gasteiger partial charge in [-0.2, -0.15) is 0 Å². The molecule has 2 heterocycles. The van der Waals surface area contributed by atoms with E-state index in [4.69, 9.17) is 32.7 Å². The predicted octanol–water partition coefficient (Wildman–Crippen LogP) is 5.20. The molecule has 1 N–H and O–H groups in total. The largest absolute Gasteiger partial charge is 0.507 e. The van der Waals surface area contributed by atoms with Crippen LogP contribution in [0.15, 0.2) is 66.4 Å². The van der Waals surface area contributed by atoms with Gasteiger partial charge in [-0.3, -0.25) is 14.6 Å². The molecular weight excluding hydrogens is 519 g/mol. The molecule has 1 amide bonds. The molecule has 1 aromatic heterocycles. The zero-order chi connectivity index (χ0) is 26.7. The Kier molecular flexibility index (Phi) is 7.80. The molecule has 8 nitrogen and oxygen atoms in total. The van der Waals surface area contributed by atoms with Crippen LogP contribution in [-0.4, -0.2) is 46.4 Å². The second kappa shape index (κ2) is 11.0. The first kappa shape index (κ1) is 26.2. The Bertz CT molecular complexity index is 1390. The summed E-state index contributed by atoms with van der Waals surface area (Å²) in [6, 6.07) is 13.4. The van der Waals surface area contributed by atoms with Crippen LogP contribution in [0.5, 0.6) is 5.75 Å². The molecule has 0 aliphatic carbocycles. The van der Waals surface area contributed by atoms with E-state index in [1.54, 1.807) is 49.4 Å². The van der Waals surface area contributed by atoms with Crippen LogP contribution in [0.4, 0.5) is 0 Å². The number of rotatable bonds is 7. The van der Waals surface area contributed by atoms with E-state index in [0.717, 1.165) is 0 Å². The van der Waals surface area contributed by atoms with Crippen molar-refractivity contribution in [2.75, 3.05) is 13.7 Å². The summed E-state index contributed by atoms with van der Waals surface area (Å²) in [5.74, 6) is -2.56. The van der Waals surface area contributed by atoms with E-state index in [0.29, 0.717) is 16.8 Å². The zero-order valence-corrected chi connectivity index (χ0v) is 21.4. The monoisotopic (exact) mass is 540 g/mol. The highest BCUT2D eigenvalue weighted by atomic mass is 35.5. The number of methoxy groups -OCH3 is 1. The third-order valence-corrected chi connectivity index (χ3v) is 6.29. The topological polar surface area (TPSA) is 106 Å². The minimum Gasteiger partial charge on any atom is -0.507 e. The Morgan fingerprint density at radius 3 is 2.46 bits per heavy atom. The SMILES string of the molecule is CCOC(=O)c1ccc(CN2C(=O)C(=O)/C(=C(/O)c3cc(Cl)cc(Cl)c3OC)C2c2ccccn2)cc1. The summed E-state index contributed by atoms with van der Waals surface area (Å²) >= 11 is 12.4. The van der Waals surface area contributed by atoms with Crippen molar-refractivity contribution < 1.29 is 29.0 Å². The molecule has 4 rings (SSSR count). The molecule has 2 aromatic carbocycles. The molecule has 1 aliphatic rings. The summed E-state index contributed by atoms with van der Waals surface area (Å²) in [5.41, 5.74) is 1.28. The fourth-order valence-corrected chi connectivity index (χ4v) is 4.71. The molecular formula is C27H22Cl2N2O6. The summed E-state index contributed by atoms with van der Waals surface area (Å²) in [7, 11) is 1.36. The quantitative estimate of drug-likeness (QED) is 0.190. The number of aromatic nitrogens is 1. The standard InChI is InChI=1S/C27H22Cl2N2O6/c1-3-37-27(35)16-9-7-15(8-10-16)14-31-22(20-6-4-5-11-30-20)21(24(33)26(31)34)23(32)18-12-17(28)13-19(29)25(18)36-2/h4-13,22,32H,3,14H2,1-2H3/b23-21+. The number of esters is 1. The lowest BCUT2D eigenvalue weighted by atomic mass is 9.97. The number of hydrogen-bond acceptors (Lipinski definition) is 7. The van der Waals surface area contributed by atoms with Crippen LogP contribution < -0.4 is 4.74 Å². The minimum absolute atomic E-state index is 0.0130. The van der Waals surface area contributed by atoms with E-state index >= 15 is 0 Å². The lowest BCUT2D eigenvalue weighted by molar-refractivity contribution is -0.140. The van der Waals surface area contributed by atoms with Gasteiger partial charge in [0.25, 0.3) is 11.7 Å². The summed E-state index contributed by atoms with van der Waals surface area (Å²) in [5, 5.41) is 11.7.